The number of hydrogen-bond donors (Lipinski definition) is 1. The molecule has 0 radical (unpaired) electrons. The second-order valence-corrected chi connectivity index (χ2v) is 7.38. The van der Waals surface area contributed by atoms with Crippen molar-refractivity contribution in [3.8, 4) is 23.1 Å². The van der Waals surface area contributed by atoms with Gasteiger partial charge in [-0.15, -0.1) is 26.3 Å². The third-order valence-corrected chi connectivity index (χ3v) is 4.47. The number of para-hydroxylation sites is 2. The van der Waals surface area contributed by atoms with E-state index in [0.717, 1.165) is 18.2 Å². The highest BCUT2D eigenvalue weighted by Gasteiger charge is 2.33. The Balaban J connectivity index is 1.72. The molecule has 34 heavy (non-hydrogen) atoms. The Labute approximate surface area is 196 Å². The van der Waals surface area contributed by atoms with Crippen LogP contribution in [0.5, 0.6) is 23.1 Å². The minimum atomic E-state index is -4.95. The molecular weight excluding hydrogens is 538 g/mol. The van der Waals surface area contributed by atoms with Crippen LogP contribution in [-0.2, 0) is 6.54 Å². The molecule has 0 aliphatic rings. The molecule has 3 rings (SSSR count). The number of aromatic nitrogens is 1. The molecule has 0 unspecified atom stereocenters. The van der Waals surface area contributed by atoms with Crippen molar-refractivity contribution < 1.29 is 45.3 Å². The second kappa shape index (κ2) is 10.2. The van der Waals surface area contributed by atoms with Crippen molar-refractivity contribution in [2.75, 3.05) is 0 Å². The van der Waals surface area contributed by atoms with Crippen molar-refractivity contribution in [3.63, 3.8) is 0 Å². The number of pyridine rings is 1. The molecule has 0 saturated heterocycles. The Kier molecular flexibility index (Phi) is 7.54. The molecule has 13 heteroatoms. The van der Waals surface area contributed by atoms with Crippen molar-refractivity contribution in [1.82, 2.24) is 10.3 Å². The van der Waals surface area contributed by atoms with Gasteiger partial charge in [-0.05, 0) is 30.3 Å². The summed E-state index contributed by atoms with van der Waals surface area (Å²) in [6, 6.07) is 11.3. The van der Waals surface area contributed by atoms with E-state index in [1.165, 1.54) is 42.6 Å². The smallest absolute Gasteiger partial charge is 0.435 e. The fourth-order valence-electron chi connectivity index (χ4n) is 2.63. The number of ether oxygens (including phenoxy) is 3. The summed E-state index contributed by atoms with van der Waals surface area (Å²) >= 11 is 3.05. The molecule has 6 nitrogen and oxygen atoms in total. The highest BCUT2D eigenvalue weighted by Crippen LogP contribution is 2.34. The van der Waals surface area contributed by atoms with Crippen molar-refractivity contribution in [2.24, 2.45) is 0 Å². The Hall–Kier alpha value is -3.48. The summed E-state index contributed by atoms with van der Waals surface area (Å²) in [5.74, 6) is -2.32. The molecule has 0 aliphatic carbocycles. The zero-order chi connectivity index (χ0) is 24.9. The first-order valence-electron chi connectivity index (χ1n) is 9.21. The number of alkyl halides is 6. The van der Waals surface area contributed by atoms with E-state index in [1.54, 1.807) is 0 Å². The van der Waals surface area contributed by atoms with E-state index in [9.17, 15) is 31.1 Å². The summed E-state index contributed by atoms with van der Waals surface area (Å²) in [6.45, 7) is -0.307. The number of carbonyl (C=O) groups excluding carboxylic acids is 1. The molecule has 0 aliphatic heterocycles. The Bertz CT molecular complexity index is 1170. The molecule has 0 spiro atoms. The second-order valence-electron chi connectivity index (χ2n) is 6.46. The summed E-state index contributed by atoms with van der Waals surface area (Å²) in [7, 11) is 0. The minimum Gasteiger partial charge on any atom is -0.435 e. The van der Waals surface area contributed by atoms with Crippen LogP contribution in [0.2, 0.25) is 0 Å². The first kappa shape index (κ1) is 25.1. The topological polar surface area (TPSA) is 69.7 Å². The zero-order valence-corrected chi connectivity index (χ0v) is 18.3. The molecule has 0 bridgehead atoms. The highest BCUT2D eigenvalue weighted by molar-refractivity contribution is 9.10. The van der Waals surface area contributed by atoms with Crippen LogP contribution in [0, 0.1) is 0 Å². The average Bonchev–Trinajstić information content (AvgIpc) is 2.72. The summed E-state index contributed by atoms with van der Waals surface area (Å²) in [4.78, 5) is 16.3. The molecule has 0 saturated carbocycles. The van der Waals surface area contributed by atoms with Crippen LogP contribution in [0.15, 0.2) is 65.3 Å². The predicted octanol–water partition coefficient (Wildman–Crippen LogP) is 6.36. The van der Waals surface area contributed by atoms with Gasteiger partial charge in [0.05, 0.1) is 0 Å². The predicted molar refractivity (Wildman–Crippen MR) is 109 cm³/mol. The summed E-state index contributed by atoms with van der Waals surface area (Å²) in [5, 5.41) is 2.44. The molecule has 2 aromatic carbocycles. The Morgan fingerprint density at radius 2 is 1.53 bits per heavy atom. The van der Waals surface area contributed by atoms with E-state index in [0.29, 0.717) is 4.47 Å². The Morgan fingerprint density at radius 1 is 0.882 bits per heavy atom. The zero-order valence-electron chi connectivity index (χ0n) is 16.7. The quantitative estimate of drug-likeness (QED) is 0.346. The summed E-state index contributed by atoms with van der Waals surface area (Å²) < 4.78 is 89.2. The highest BCUT2D eigenvalue weighted by atomic mass is 79.9. The van der Waals surface area contributed by atoms with Gasteiger partial charge in [0.15, 0.2) is 11.5 Å². The summed E-state index contributed by atoms with van der Waals surface area (Å²) in [6.07, 6.45) is -8.70. The van der Waals surface area contributed by atoms with Crippen LogP contribution in [0.25, 0.3) is 0 Å². The maximum atomic E-state index is 12.6. The molecule has 0 atom stereocenters. The number of amides is 1. The molecule has 1 N–H and O–H groups in total. The van der Waals surface area contributed by atoms with Gasteiger partial charge < -0.3 is 19.5 Å². The van der Waals surface area contributed by atoms with Crippen molar-refractivity contribution in [2.45, 2.75) is 19.3 Å². The maximum Gasteiger partial charge on any atom is 0.573 e. The van der Waals surface area contributed by atoms with Gasteiger partial charge in [-0.1, -0.05) is 34.1 Å². The number of nitrogens with zero attached hydrogens (tertiary/aromatic N) is 1. The number of carbonyl (C=O) groups is 1. The van der Waals surface area contributed by atoms with Crippen LogP contribution in [-0.4, -0.2) is 23.6 Å². The van der Waals surface area contributed by atoms with Crippen LogP contribution in [0.4, 0.5) is 26.3 Å². The van der Waals surface area contributed by atoms with E-state index >= 15 is 0 Å². The van der Waals surface area contributed by atoms with Crippen LogP contribution < -0.4 is 19.5 Å². The SMILES string of the molecule is O=C(NCc1ccc(Br)cc1OC(F)(F)F)c1ccnc(Oc2ccccc2OC(F)(F)F)c1. The first-order chi connectivity index (χ1) is 15.9. The monoisotopic (exact) mass is 550 g/mol. The molecule has 1 amide bonds. The van der Waals surface area contributed by atoms with E-state index in [2.05, 4.69) is 35.7 Å². The fourth-order valence-corrected chi connectivity index (χ4v) is 2.97. The van der Waals surface area contributed by atoms with Crippen molar-refractivity contribution in [3.05, 3.63) is 76.4 Å². The van der Waals surface area contributed by atoms with Gasteiger partial charge in [0, 0.05) is 34.4 Å². The van der Waals surface area contributed by atoms with E-state index in [-0.39, 0.29) is 29.3 Å². The number of rotatable bonds is 7. The van der Waals surface area contributed by atoms with Gasteiger partial charge in [0.1, 0.15) is 5.75 Å². The third-order valence-electron chi connectivity index (χ3n) is 3.98. The lowest BCUT2D eigenvalue weighted by Crippen LogP contribution is -2.24. The fraction of sp³-hybridized carbons (Fsp3) is 0.143. The number of benzene rings is 2. The van der Waals surface area contributed by atoms with Crippen LogP contribution in [0.1, 0.15) is 15.9 Å². The van der Waals surface area contributed by atoms with Crippen molar-refractivity contribution in [1.29, 1.82) is 0 Å². The van der Waals surface area contributed by atoms with E-state index in [4.69, 9.17) is 4.74 Å². The lowest BCUT2D eigenvalue weighted by molar-refractivity contribution is -0.276. The van der Waals surface area contributed by atoms with Crippen molar-refractivity contribution >= 4 is 21.8 Å². The van der Waals surface area contributed by atoms with Crippen LogP contribution in [0.3, 0.4) is 0 Å². The van der Waals surface area contributed by atoms with Gasteiger partial charge in [-0.2, -0.15) is 0 Å². The van der Waals surface area contributed by atoms with Gasteiger partial charge >= 0.3 is 12.7 Å². The standard InChI is InChI=1S/C21H13BrF6N2O4/c22-14-6-5-13(17(10-14)34-21(26,27)28)11-30-19(31)12-7-8-29-18(9-12)32-15-3-1-2-4-16(15)33-20(23,24)25/h1-10H,11H2,(H,30,31). The largest absolute Gasteiger partial charge is 0.573 e. The molecule has 180 valence electrons. The minimum absolute atomic E-state index is 0.00498. The van der Waals surface area contributed by atoms with Gasteiger partial charge in [-0.3, -0.25) is 4.79 Å². The molecule has 1 heterocycles. The molecule has 1 aromatic heterocycles. The maximum absolute atomic E-state index is 12.6. The number of halogens is 7. The Morgan fingerprint density at radius 3 is 2.21 bits per heavy atom. The number of hydrogen-bond acceptors (Lipinski definition) is 5. The lowest BCUT2D eigenvalue weighted by atomic mass is 10.2. The molecule has 0 fully saturated rings. The normalized spacial score (nSPS) is 11.6. The third kappa shape index (κ3) is 7.54. The van der Waals surface area contributed by atoms with E-state index < -0.39 is 30.1 Å². The average molecular weight is 551 g/mol. The van der Waals surface area contributed by atoms with Gasteiger partial charge in [0.2, 0.25) is 5.88 Å². The summed E-state index contributed by atoms with van der Waals surface area (Å²) in [5.41, 5.74) is 0.0484. The van der Waals surface area contributed by atoms with Gasteiger partial charge in [-0.25, -0.2) is 4.98 Å². The van der Waals surface area contributed by atoms with E-state index in [1.807, 2.05) is 0 Å². The lowest BCUT2D eigenvalue weighted by Gasteiger charge is -2.15. The molecule has 3 aromatic rings. The first-order valence-corrected chi connectivity index (χ1v) is 10.00. The molecular formula is C21H13BrF6N2O4. The number of nitrogens with one attached hydrogen (secondary N) is 1. The van der Waals surface area contributed by atoms with Crippen LogP contribution >= 0.6 is 15.9 Å². The van der Waals surface area contributed by atoms with Gasteiger partial charge in [0.25, 0.3) is 5.91 Å².